The van der Waals surface area contributed by atoms with Gasteiger partial charge >= 0.3 is 0 Å². The molecule has 0 amide bonds. The minimum atomic E-state index is 0.435. The fourth-order valence-electron chi connectivity index (χ4n) is 3.64. The topological polar surface area (TPSA) is 64.3 Å². The summed E-state index contributed by atoms with van der Waals surface area (Å²) in [5.74, 6) is 1.93. The molecule has 2 aliphatic heterocycles. The van der Waals surface area contributed by atoms with E-state index in [9.17, 15) is 0 Å². The van der Waals surface area contributed by atoms with Gasteiger partial charge in [-0.25, -0.2) is 0 Å². The normalized spacial score (nSPS) is 26.0. The standard InChI is InChI=1S/C16H22N4O2S/c1-11-7-14(22-18-11)16-15(17-19-23-16)13-3-2-5-20(9-13)8-12-4-6-21-10-12/h7,12-13H,2-6,8-10H2,1H3/t12-,13-/m1/s1. The van der Waals surface area contributed by atoms with E-state index in [1.54, 1.807) is 0 Å². The lowest BCUT2D eigenvalue weighted by atomic mass is 9.93. The van der Waals surface area contributed by atoms with Gasteiger partial charge < -0.3 is 14.2 Å². The van der Waals surface area contributed by atoms with Gasteiger partial charge in [0.1, 0.15) is 4.88 Å². The second-order valence-electron chi connectivity index (χ2n) is 6.65. The fraction of sp³-hybridized carbons (Fsp3) is 0.688. The predicted octanol–water partition coefficient (Wildman–Crippen LogP) is 2.72. The summed E-state index contributed by atoms with van der Waals surface area (Å²) in [6, 6.07) is 1.97. The van der Waals surface area contributed by atoms with Gasteiger partial charge in [0.2, 0.25) is 0 Å². The highest BCUT2D eigenvalue weighted by atomic mass is 32.1. The zero-order chi connectivity index (χ0) is 15.6. The van der Waals surface area contributed by atoms with Crippen molar-refractivity contribution in [2.75, 3.05) is 32.8 Å². The maximum absolute atomic E-state index is 5.51. The lowest BCUT2D eigenvalue weighted by molar-refractivity contribution is 0.149. The Bertz CT molecular complexity index is 650. The summed E-state index contributed by atoms with van der Waals surface area (Å²) in [6.45, 7) is 7.16. The summed E-state index contributed by atoms with van der Waals surface area (Å²) in [7, 11) is 0. The Morgan fingerprint density at radius 2 is 2.35 bits per heavy atom. The Morgan fingerprint density at radius 3 is 3.13 bits per heavy atom. The molecule has 2 aromatic rings. The van der Waals surface area contributed by atoms with Crippen LogP contribution in [0, 0.1) is 12.8 Å². The molecule has 6 nitrogen and oxygen atoms in total. The number of aryl methyl sites for hydroxylation is 1. The van der Waals surface area contributed by atoms with Crippen molar-refractivity contribution in [3.05, 3.63) is 17.5 Å². The first-order valence-corrected chi connectivity index (χ1v) is 9.13. The molecule has 0 bridgehead atoms. The van der Waals surface area contributed by atoms with Crippen molar-refractivity contribution in [2.24, 2.45) is 5.92 Å². The molecule has 124 valence electrons. The minimum absolute atomic E-state index is 0.435. The monoisotopic (exact) mass is 334 g/mol. The summed E-state index contributed by atoms with van der Waals surface area (Å²) in [5, 5.41) is 8.42. The summed E-state index contributed by atoms with van der Waals surface area (Å²) >= 11 is 1.41. The van der Waals surface area contributed by atoms with Crippen LogP contribution in [0.15, 0.2) is 10.6 Å². The van der Waals surface area contributed by atoms with Crippen LogP contribution in [0.1, 0.15) is 36.6 Å². The summed E-state index contributed by atoms with van der Waals surface area (Å²) in [5.41, 5.74) is 1.98. The number of likely N-dealkylation sites (tertiary alicyclic amines) is 1. The smallest absolute Gasteiger partial charge is 0.180 e. The van der Waals surface area contributed by atoms with Crippen LogP contribution in [0.3, 0.4) is 0 Å². The van der Waals surface area contributed by atoms with Crippen LogP contribution >= 0.6 is 11.5 Å². The van der Waals surface area contributed by atoms with Gasteiger partial charge in [-0.2, -0.15) is 0 Å². The third-order valence-corrected chi connectivity index (χ3v) is 5.55. The molecule has 4 rings (SSSR count). The Labute approximate surface area is 140 Å². The molecule has 7 heteroatoms. The van der Waals surface area contributed by atoms with Crippen LogP contribution in [0.2, 0.25) is 0 Å². The van der Waals surface area contributed by atoms with E-state index in [2.05, 4.69) is 19.6 Å². The van der Waals surface area contributed by atoms with Crippen LogP contribution in [0.25, 0.3) is 10.6 Å². The number of nitrogens with zero attached hydrogens (tertiary/aromatic N) is 4. The van der Waals surface area contributed by atoms with E-state index in [4.69, 9.17) is 9.26 Å². The molecule has 2 aliphatic rings. The van der Waals surface area contributed by atoms with Crippen molar-refractivity contribution in [1.29, 1.82) is 0 Å². The Hall–Kier alpha value is -1.31. The van der Waals surface area contributed by atoms with Gasteiger partial charge in [-0.05, 0) is 50.2 Å². The Balaban J connectivity index is 1.48. The third kappa shape index (κ3) is 3.32. The van der Waals surface area contributed by atoms with Gasteiger partial charge in [0.25, 0.3) is 0 Å². The van der Waals surface area contributed by atoms with Crippen molar-refractivity contribution in [3.63, 3.8) is 0 Å². The first kappa shape index (κ1) is 15.2. The number of hydrogen-bond donors (Lipinski definition) is 0. The van der Waals surface area contributed by atoms with E-state index in [0.717, 1.165) is 48.3 Å². The summed E-state index contributed by atoms with van der Waals surface area (Å²) in [4.78, 5) is 3.61. The SMILES string of the molecule is Cc1cc(-c2snnc2[C@@H]2CCCN(C[C@H]3CCOC3)C2)on1. The fourth-order valence-corrected chi connectivity index (χ4v) is 4.34. The van der Waals surface area contributed by atoms with Crippen molar-refractivity contribution >= 4 is 11.5 Å². The van der Waals surface area contributed by atoms with Crippen LogP contribution in [0.4, 0.5) is 0 Å². The molecular weight excluding hydrogens is 312 g/mol. The number of ether oxygens (including phenoxy) is 1. The molecular formula is C16H22N4O2S. The molecule has 2 saturated heterocycles. The first-order valence-electron chi connectivity index (χ1n) is 8.35. The summed E-state index contributed by atoms with van der Waals surface area (Å²) in [6.07, 6.45) is 3.58. The van der Waals surface area contributed by atoms with E-state index >= 15 is 0 Å². The second-order valence-corrected chi connectivity index (χ2v) is 7.40. The zero-order valence-electron chi connectivity index (χ0n) is 13.4. The Kier molecular flexibility index (Phi) is 4.41. The van der Waals surface area contributed by atoms with Crippen molar-refractivity contribution in [3.8, 4) is 10.6 Å². The number of hydrogen-bond acceptors (Lipinski definition) is 7. The maximum atomic E-state index is 5.51. The van der Waals surface area contributed by atoms with E-state index in [1.165, 1.54) is 37.3 Å². The van der Waals surface area contributed by atoms with E-state index in [-0.39, 0.29) is 0 Å². The highest BCUT2D eigenvalue weighted by molar-refractivity contribution is 7.09. The van der Waals surface area contributed by atoms with Gasteiger partial charge in [-0.1, -0.05) is 9.64 Å². The molecule has 23 heavy (non-hydrogen) atoms. The van der Waals surface area contributed by atoms with Crippen LogP contribution in [-0.2, 0) is 4.74 Å². The van der Waals surface area contributed by atoms with E-state index in [1.807, 2.05) is 13.0 Å². The predicted molar refractivity (Wildman–Crippen MR) is 87.5 cm³/mol. The lowest BCUT2D eigenvalue weighted by Gasteiger charge is -2.33. The average Bonchev–Trinajstić information content (AvgIpc) is 3.28. The van der Waals surface area contributed by atoms with Crippen LogP contribution in [-0.4, -0.2) is 52.5 Å². The Morgan fingerprint density at radius 1 is 1.39 bits per heavy atom. The average molecular weight is 334 g/mol. The molecule has 0 spiro atoms. The van der Waals surface area contributed by atoms with Crippen LogP contribution < -0.4 is 0 Å². The van der Waals surface area contributed by atoms with Crippen molar-refractivity contribution in [2.45, 2.75) is 32.1 Å². The van der Waals surface area contributed by atoms with Gasteiger partial charge in [-0.3, -0.25) is 0 Å². The molecule has 0 N–H and O–H groups in total. The molecule has 0 saturated carbocycles. The minimum Gasteiger partial charge on any atom is -0.381 e. The van der Waals surface area contributed by atoms with Crippen molar-refractivity contribution in [1.82, 2.24) is 19.6 Å². The van der Waals surface area contributed by atoms with Gasteiger partial charge in [0.05, 0.1) is 18.0 Å². The van der Waals surface area contributed by atoms with Gasteiger partial charge in [0.15, 0.2) is 5.76 Å². The molecule has 0 radical (unpaired) electrons. The highest BCUT2D eigenvalue weighted by Gasteiger charge is 2.29. The zero-order valence-corrected chi connectivity index (χ0v) is 14.2. The molecule has 2 atom stereocenters. The number of aromatic nitrogens is 3. The highest BCUT2D eigenvalue weighted by Crippen LogP contribution is 2.35. The molecule has 0 aliphatic carbocycles. The molecule has 2 fully saturated rings. The van der Waals surface area contributed by atoms with Crippen molar-refractivity contribution < 1.29 is 9.26 Å². The summed E-state index contributed by atoms with van der Waals surface area (Å²) < 4.78 is 15.1. The van der Waals surface area contributed by atoms with Gasteiger partial charge in [-0.15, -0.1) is 5.10 Å². The third-order valence-electron chi connectivity index (χ3n) is 4.80. The maximum Gasteiger partial charge on any atom is 0.180 e. The second kappa shape index (κ2) is 6.67. The van der Waals surface area contributed by atoms with Crippen LogP contribution in [0.5, 0.6) is 0 Å². The lowest BCUT2D eigenvalue weighted by Crippen LogP contribution is -2.38. The molecule has 4 heterocycles. The van der Waals surface area contributed by atoms with E-state index in [0.29, 0.717) is 11.8 Å². The molecule has 0 unspecified atom stereocenters. The number of rotatable bonds is 4. The largest absolute Gasteiger partial charge is 0.381 e. The molecule has 0 aromatic carbocycles. The first-order chi connectivity index (χ1) is 11.3. The molecule has 2 aromatic heterocycles. The van der Waals surface area contributed by atoms with Gasteiger partial charge in [0, 0.05) is 31.7 Å². The number of piperidine rings is 1. The quantitative estimate of drug-likeness (QED) is 0.856. The van der Waals surface area contributed by atoms with E-state index < -0.39 is 0 Å².